The van der Waals surface area contributed by atoms with Gasteiger partial charge in [-0.1, -0.05) is 131 Å². The van der Waals surface area contributed by atoms with E-state index in [0.29, 0.717) is 0 Å². The van der Waals surface area contributed by atoms with E-state index in [-0.39, 0.29) is 37.4 Å². The number of hydrogen-bond donors (Lipinski definition) is 3. The Bertz CT molecular complexity index is 1740. The summed E-state index contributed by atoms with van der Waals surface area (Å²) >= 11 is 14.8. The minimum Gasteiger partial charge on any atom is -0.477 e. The van der Waals surface area contributed by atoms with Crippen LogP contribution in [0.4, 0.5) is 5.13 Å². The molecule has 0 aliphatic carbocycles. The van der Waals surface area contributed by atoms with Crippen LogP contribution in [0.15, 0.2) is 107 Å². The van der Waals surface area contributed by atoms with Gasteiger partial charge >= 0.3 is 5.97 Å². The first-order chi connectivity index (χ1) is 21.7. The Morgan fingerprint density at radius 2 is 1.51 bits per heavy atom. The molecule has 1 fully saturated rings. The summed E-state index contributed by atoms with van der Waals surface area (Å²) in [5.74, 6) is -2.62. The van der Waals surface area contributed by atoms with Crippen molar-refractivity contribution >= 4 is 74.9 Å². The Balaban J connectivity index is 1.43. The molecule has 2 aliphatic heterocycles. The van der Waals surface area contributed by atoms with Crippen molar-refractivity contribution in [1.82, 2.24) is 15.2 Å². The first kappa shape index (κ1) is 30.7. The number of nitrogens with one attached hydrogen (secondary N) is 1. The number of nitrogens with zero attached hydrogens (tertiary/aromatic N) is 3. The predicted molar refractivity (Wildman–Crippen MR) is 174 cm³/mol. The number of amides is 2. The molecule has 2 atom stereocenters. The summed E-state index contributed by atoms with van der Waals surface area (Å²) < 4.78 is 0.0891. The molecule has 4 N–H and O–H groups in total. The average molecular weight is 681 g/mol. The summed E-state index contributed by atoms with van der Waals surface area (Å²) in [6, 6.07) is 27.2. The number of carbonyl (C=O) groups is 3. The molecular formula is C31H23Cl2N5O5S2. The number of nitrogens with two attached hydrogens (primary N) is 1. The number of rotatable bonds is 9. The van der Waals surface area contributed by atoms with E-state index >= 15 is 0 Å². The lowest BCUT2D eigenvalue weighted by Gasteiger charge is -2.48. The van der Waals surface area contributed by atoms with Crippen LogP contribution in [0.5, 0.6) is 0 Å². The number of fused-ring (bicyclic) bond motifs is 1. The molecule has 45 heavy (non-hydrogen) atoms. The monoisotopic (exact) mass is 679 g/mol. The maximum Gasteiger partial charge on any atom is 0.353 e. The molecule has 14 heteroatoms. The SMILES string of the molecule is Nc1nc(/C(=N/OC(c2ccccc2)(c2ccccc2)c2ccccc2)C(=O)N[C@@H]2C(=O)N3C(C(=O)O)=C(Cl)CS[C@@H]23)c(Cl)s1. The second kappa shape index (κ2) is 12.6. The zero-order valence-electron chi connectivity index (χ0n) is 23.1. The molecule has 1 saturated heterocycles. The Hall–Kier alpha value is -4.36. The largest absolute Gasteiger partial charge is 0.477 e. The standard InChI is InChI=1S/C31H23Cl2N5O5S2/c32-20-16-44-28-23(27(40)38(28)24(20)29(41)42)35-26(39)22(21-25(33)45-30(34)36-21)37-43-31(17-10-4-1-5-11-17,18-12-6-2-7-13-18)19-14-8-3-9-15-19/h1-15,23,28H,16H2,(H2,34,36)(H,35,39)(H,41,42)/b37-22-/t23-,28+/m1/s1. The van der Waals surface area contributed by atoms with Gasteiger partial charge in [0.15, 0.2) is 10.8 Å². The third-order valence-electron chi connectivity index (χ3n) is 7.27. The van der Waals surface area contributed by atoms with Crippen LogP contribution >= 0.6 is 46.3 Å². The van der Waals surface area contributed by atoms with Crippen molar-refractivity contribution in [3.05, 3.63) is 128 Å². The van der Waals surface area contributed by atoms with Crippen LogP contribution in [0.1, 0.15) is 22.4 Å². The van der Waals surface area contributed by atoms with E-state index in [1.165, 1.54) is 11.8 Å². The minimum atomic E-state index is -1.33. The fourth-order valence-electron chi connectivity index (χ4n) is 5.24. The number of carbonyl (C=O) groups excluding carboxylic acids is 2. The molecule has 0 saturated carbocycles. The molecule has 0 unspecified atom stereocenters. The summed E-state index contributed by atoms with van der Waals surface area (Å²) in [6.07, 6.45) is 0. The van der Waals surface area contributed by atoms with Crippen molar-refractivity contribution in [2.75, 3.05) is 11.5 Å². The molecule has 3 heterocycles. The third kappa shape index (κ3) is 5.54. The summed E-state index contributed by atoms with van der Waals surface area (Å²) in [4.78, 5) is 50.6. The van der Waals surface area contributed by atoms with Gasteiger partial charge in [-0.3, -0.25) is 14.5 Å². The number of thiazole rings is 1. The van der Waals surface area contributed by atoms with Gasteiger partial charge in [-0.2, -0.15) is 0 Å². The van der Waals surface area contributed by atoms with Crippen molar-refractivity contribution in [2.45, 2.75) is 17.0 Å². The summed E-state index contributed by atoms with van der Waals surface area (Å²) in [5.41, 5.74) is 6.12. The second-order valence-electron chi connectivity index (χ2n) is 9.90. The van der Waals surface area contributed by atoms with Gasteiger partial charge in [0.05, 0.1) is 5.03 Å². The Kier molecular flexibility index (Phi) is 8.56. The van der Waals surface area contributed by atoms with Gasteiger partial charge in [-0.15, -0.1) is 11.8 Å². The molecule has 4 aromatic rings. The zero-order valence-corrected chi connectivity index (χ0v) is 26.2. The number of anilines is 1. The van der Waals surface area contributed by atoms with Crippen LogP contribution in [0, 0.1) is 0 Å². The highest BCUT2D eigenvalue weighted by Gasteiger charge is 2.54. The van der Waals surface area contributed by atoms with Gasteiger partial charge in [-0.05, 0) is 0 Å². The second-order valence-corrected chi connectivity index (χ2v) is 13.1. The first-order valence-electron chi connectivity index (χ1n) is 13.4. The molecule has 0 radical (unpaired) electrons. The maximum atomic E-state index is 13.9. The zero-order chi connectivity index (χ0) is 31.7. The number of halogens is 2. The van der Waals surface area contributed by atoms with E-state index in [4.69, 9.17) is 33.8 Å². The van der Waals surface area contributed by atoms with Crippen molar-refractivity contribution in [1.29, 1.82) is 0 Å². The maximum absolute atomic E-state index is 13.9. The van der Waals surface area contributed by atoms with Crippen molar-refractivity contribution in [3.63, 3.8) is 0 Å². The van der Waals surface area contributed by atoms with E-state index in [1.54, 1.807) is 0 Å². The number of β-lactam (4-membered cyclic amide) rings is 1. The van der Waals surface area contributed by atoms with Gasteiger partial charge in [0, 0.05) is 22.4 Å². The topological polar surface area (TPSA) is 147 Å². The molecule has 0 bridgehead atoms. The highest BCUT2D eigenvalue weighted by Crippen LogP contribution is 2.43. The van der Waals surface area contributed by atoms with Gasteiger partial charge < -0.3 is 21.0 Å². The number of carboxylic acid groups (broad SMARTS) is 1. The van der Waals surface area contributed by atoms with Crippen LogP contribution < -0.4 is 11.1 Å². The van der Waals surface area contributed by atoms with Crippen molar-refractivity contribution < 1.29 is 24.3 Å². The van der Waals surface area contributed by atoms with E-state index < -0.39 is 34.8 Å². The smallest absolute Gasteiger partial charge is 0.353 e. The third-order valence-corrected chi connectivity index (χ3v) is 10.1. The van der Waals surface area contributed by atoms with E-state index in [2.05, 4.69) is 15.5 Å². The van der Waals surface area contributed by atoms with E-state index in [0.717, 1.165) is 32.9 Å². The summed E-state index contributed by atoms with van der Waals surface area (Å²) in [5, 5.41) is 16.2. The average Bonchev–Trinajstić information content (AvgIpc) is 3.39. The molecule has 2 amide bonds. The number of oxime groups is 1. The lowest BCUT2D eigenvalue weighted by Crippen LogP contribution is -2.71. The predicted octanol–water partition coefficient (Wildman–Crippen LogP) is 5.03. The fraction of sp³-hybridized carbons (Fsp3) is 0.129. The van der Waals surface area contributed by atoms with E-state index in [9.17, 15) is 19.5 Å². The fourth-order valence-corrected chi connectivity index (χ4v) is 7.72. The van der Waals surface area contributed by atoms with Crippen LogP contribution in [-0.4, -0.2) is 55.7 Å². The van der Waals surface area contributed by atoms with Gasteiger partial charge in [-0.25, -0.2) is 9.78 Å². The van der Waals surface area contributed by atoms with Crippen molar-refractivity contribution in [2.24, 2.45) is 5.16 Å². The van der Waals surface area contributed by atoms with Crippen LogP contribution in [0.2, 0.25) is 4.34 Å². The molecule has 6 rings (SSSR count). The van der Waals surface area contributed by atoms with Crippen LogP contribution in [0.3, 0.4) is 0 Å². The molecular weight excluding hydrogens is 657 g/mol. The lowest BCUT2D eigenvalue weighted by atomic mass is 9.80. The summed E-state index contributed by atoms with van der Waals surface area (Å²) in [6.45, 7) is 0. The Morgan fingerprint density at radius 1 is 0.978 bits per heavy atom. The van der Waals surface area contributed by atoms with Gasteiger partial charge in [0.2, 0.25) is 5.60 Å². The Morgan fingerprint density at radius 3 is 1.98 bits per heavy atom. The van der Waals surface area contributed by atoms with Crippen LogP contribution in [-0.2, 0) is 24.8 Å². The molecule has 0 spiro atoms. The quantitative estimate of drug-likeness (QED) is 0.0967. The number of nitrogen functional groups attached to an aromatic ring is 1. The molecule has 3 aromatic carbocycles. The number of benzene rings is 3. The number of carboxylic acids is 1. The normalized spacial score (nSPS) is 18.2. The molecule has 228 valence electrons. The molecule has 10 nitrogen and oxygen atoms in total. The Labute approximate surface area is 275 Å². The number of aromatic nitrogens is 1. The summed E-state index contributed by atoms with van der Waals surface area (Å²) in [7, 11) is 0. The van der Waals surface area contributed by atoms with E-state index in [1.807, 2.05) is 91.0 Å². The number of thioether (sulfide) groups is 1. The number of hydrogen-bond acceptors (Lipinski definition) is 9. The first-order valence-corrected chi connectivity index (χ1v) is 16.1. The van der Waals surface area contributed by atoms with Gasteiger partial charge in [0.1, 0.15) is 27.1 Å². The highest BCUT2D eigenvalue weighted by molar-refractivity contribution is 8.00. The molecule has 1 aromatic heterocycles. The minimum absolute atomic E-state index is 0.0335. The van der Waals surface area contributed by atoms with Crippen molar-refractivity contribution in [3.8, 4) is 0 Å². The highest BCUT2D eigenvalue weighted by atomic mass is 35.5. The number of aliphatic carboxylic acids is 1. The lowest BCUT2D eigenvalue weighted by molar-refractivity contribution is -0.150. The van der Waals surface area contributed by atoms with Gasteiger partial charge in [0.25, 0.3) is 11.8 Å². The molecule has 2 aliphatic rings. The van der Waals surface area contributed by atoms with Crippen LogP contribution in [0.25, 0.3) is 0 Å².